The summed E-state index contributed by atoms with van der Waals surface area (Å²) in [6.45, 7) is 0.426. The third-order valence-electron chi connectivity index (χ3n) is 4.49. The third kappa shape index (κ3) is 5.02. The van der Waals surface area contributed by atoms with Crippen LogP contribution < -0.4 is 15.4 Å². The Hall–Kier alpha value is -4.12. The van der Waals surface area contributed by atoms with Crippen molar-refractivity contribution in [3.05, 3.63) is 109 Å². The average Bonchev–Trinajstić information content (AvgIpc) is 2.80. The lowest BCUT2D eigenvalue weighted by Gasteiger charge is -2.13. The highest BCUT2D eigenvalue weighted by atomic mass is 16.5. The Morgan fingerprint density at radius 3 is 2.43 bits per heavy atom. The van der Waals surface area contributed by atoms with E-state index >= 15 is 0 Å². The molecule has 5 heteroatoms. The molecule has 0 aliphatic heterocycles. The van der Waals surface area contributed by atoms with E-state index in [9.17, 15) is 4.79 Å². The second kappa shape index (κ2) is 9.39. The van der Waals surface area contributed by atoms with Crippen molar-refractivity contribution in [1.29, 1.82) is 0 Å². The molecule has 0 radical (unpaired) electrons. The molecule has 2 amide bonds. The van der Waals surface area contributed by atoms with E-state index in [4.69, 9.17) is 4.74 Å². The Bertz CT molecular complexity index is 1120. The average molecular weight is 395 g/mol. The van der Waals surface area contributed by atoms with Crippen LogP contribution in [0.25, 0.3) is 11.1 Å². The molecule has 0 fully saturated rings. The van der Waals surface area contributed by atoms with Crippen LogP contribution in [0.15, 0.2) is 103 Å². The standard InChI is InChI=1S/C25H21N3O2/c29-25(27-18-19-13-15-26-16-14-19)28-21-9-6-10-22(17-21)30-24-12-5-4-11-23(24)20-7-2-1-3-8-20/h1-17H,18H2,(H2,27,28,29). The smallest absolute Gasteiger partial charge is 0.319 e. The molecule has 148 valence electrons. The third-order valence-corrected chi connectivity index (χ3v) is 4.49. The zero-order valence-corrected chi connectivity index (χ0v) is 16.3. The van der Waals surface area contributed by atoms with Gasteiger partial charge in [0.05, 0.1) is 0 Å². The van der Waals surface area contributed by atoms with Gasteiger partial charge in [0.25, 0.3) is 0 Å². The lowest BCUT2D eigenvalue weighted by Crippen LogP contribution is -2.28. The molecular weight excluding hydrogens is 374 g/mol. The molecule has 0 aliphatic rings. The molecule has 30 heavy (non-hydrogen) atoms. The number of hydrogen-bond donors (Lipinski definition) is 2. The number of rotatable bonds is 6. The summed E-state index contributed by atoms with van der Waals surface area (Å²) < 4.78 is 6.14. The van der Waals surface area contributed by atoms with Crippen LogP contribution in [0.4, 0.5) is 10.5 Å². The maximum atomic E-state index is 12.2. The minimum Gasteiger partial charge on any atom is -0.457 e. The molecule has 5 nitrogen and oxygen atoms in total. The number of carbonyl (C=O) groups is 1. The van der Waals surface area contributed by atoms with E-state index in [0.29, 0.717) is 18.0 Å². The Kier molecular flexibility index (Phi) is 6.01. The van der Waals surface area contributed by atoms with Gasteiger partial charge in [-0.1, -0.05) is 54.6 Å². The first-order chi connectivity index (χ1) is 14.8. The molecule has 2 N–H and O–H groups in total. The van der Waals surface area contributed by atoms with Crippen LogP contribution in [0.3, 0.4) is 0 Å². The first kappa shape index (κ1) is 19.2. The van der Waals surface area contributed by atoms with Crippen molar-refractivity contribution >= 4 is 11.7 Å². The molecule has 3 aromatic carbocycles. The number of carbonyl (C=O) groups excluding carboxylic acids is 1. The molecule has 1 heterocycles. The number of nitrogens with one attached hydrogen (secondary N) is 2. The Balaban J connectivity index is 1.44. The fraction of sp³-hybridized carbons (Fsp3) is 0.0400. The molecule has 4 rings (SSSR count). The van der Waals surface area contributed by atoms with Crippen molar-refractivity contribution in [2.24, 2.45) is 0 Å². The molecule has 0 bridgehead atoms. The maximum Gasteiger partial charge on any atom is 0.319 e. The Morgan fingerprint density at radius 2 is 1.60 bits per heavy atom. The van der Waals surface area contributed by atoms with Crippen LogP contribution in [0.2, 0.25) is 0 Å². The summed E-state index contributed by atoms with van der Waals surface area (Å²) >= 11 is 0. The number of urea groups is 1. The van der Waals surface area contributed by atoms with Gasteiger partial charge in [0.1, 0.15) is 11.5 Å². The van der Waals surface area contributed by atoms with Gasteiger partial charge < -0.3 is 15.4 Å². The van der Waals surface area contributed by atoms with Gasteiger partial charge in [0.15, 0.2) is 0 Å². The van der Waals surface area contributed by atoms with E-state index < -0.39 is 0 Å². The number of nitrogens with zero attached hydrogens (tertiary/aromatic N) is 1. The quantitative estimate of drug-likeness (QED) is 0.430. The monoisotopic (exact) mass is 395 g/mol. The van der Waals surface area contributed by atoms with Crippen molar-refractivity contribution in [3.8, 4) is 22.6 Å². The van der Waals surface area contributed by atoms with E-state index in [-0.39, 0.29) is 6.03 Å². The first-order valence-corrected chi connectivity index (χ1v) is 9.64. The van der Waals surface area contributed by atoms with Gasteiger partial charge in [-0.15, -0.1) is 0 Å². The van der Waals surface area contributed by atoms with Gasteiger partial charge in [-0.25, -0.2) is 4.79 Å². The normalized spacial score (nSPS) is 10.3. The Morgan fingerprint density at radius 1 is 0.833 bits per heavy atom. The van der Waals surface area contributed by atoms with Gasteiger partial charge in [0, 0.05) is 36.3 Å². The van der Waals surface area contributed by atoms with Crippen molar-refractivity contribution in [2.75, 3.05) is 5.32 Å². The summed E-state index contributed by atoms with van der Waals surface area (Å²) in [5.41, 5.74) is 3.72. The molecule has 0 atom stereocenters. The molecule has 0 unspecified atom stereocenters. The van der Waals surface area contributed by atoms with Crippen LogP contribution in [0.5, 0.6) is 11.5 Å². The Labute approximate surface area is 175 Å². The molecule has 0 aliphatic carbocycles. The lowest BCUT2D eigenvalue weighted by atomic mass is 10.0. The molecular formula is C25H21N3O2. The topological polar surface area (TPSA) is 63.2 Å². The zero-order valence-electron chi connectivity index (χ0n) is 16.3. The fourth-order valence-electron chi connectivity index (χ4n) is 3.03. The predicted octanol–water partition coefficient (Wildman–Crippen LogP) is 5.86. The van der Waals surface area contributed by atoms with Crippen LogP contribution >= 0.6 is 0 Å². The van der Waals surface area contributed by atoms with Crippen LogP contribution in [-0.4, -0.2) is 11.0 Å². The SMILES string of the molecule is O=C(NCc1ccncc1)Nc1cccc(Oc2ccccc2-c2ccccc2)c1. The molecule has 0 saturated heterocycles. The van der Waals surface area contributed by atoms with Crippen LogP contribution in [-0.2, 0) is 6.54 Å². The van der Waals surface area contributed by atoms with E-state index in [0.717, 1.165) is 22.4 Å². The van der Waals surface area contributed by atoms with Gasteiger partial charge in [-0.05, 0) is 41.5 Å². The van der Waals surface area contributed by atoms with Crippen molar-refractivity contribution in [1.82, 2.24) is 10.3 Å². The number of aromatic nitrogens is 1. The van der Waals surface area contributed by atoms with E-state index in [1.54, 1.807) is 18.5 Å². The highest BCUT2D eigenvalue weighted by molar-refractivity contribution is 5.89. The molecule has 4 aromatic rings. The number of hydrogen-bond acceptors (Lipinski definition) is 3. The summed E-state index contributed by atoms with van der Waals surface area (Å²) in [4.78, 5) is 16.2. The van der Waals surface area contributed by atoms with Crippen LogP contribution in [0, 0.1) is 0 Å². The number of pyridine rings is 1. The minimum atomic E-state index is -0.284. The summed E-state index contributed by atoms with van der Waals surface area (Å²) in [7, 11) is 0. The molecule has 1 aromatic heterocycles. The number of amides is 2. The summed E-state index contributed by atoms with van der Waals surface area (Å²) in [6, 6.07) is 28.7. The highest BCUT2D eigenvalue weighted by Gasteiger charge is 2.08. The number of anilines is 1. The molecule has 0 spiro atoms. The van der Waals surface area contributed by atoms with Gasteiger partial charge in [-0.3, -0.25) is 4.98 Å². The second-order valence-electron chi connectivity index (χ2n) is 6.66. The van der Waals surface area contributed by atoms with Crippen molar-refractivity contribution in [3.63, 3.8) is 0 Å². The lowest BCUT2D eigenvalue weighted by molar-refractivity contribution is 0.251. The summed E-state index contributed by atoms with van der Waals surface area (Å²) in [6.07, 6.45) is 3.39. The van der Waals surface area contributed by atoms with Crippen molar-refractivity contribution < 1.29 is 9.53 Å². The first-order valence-electron chi connectivity index (χ1n) is 9.64. The number of ether oxygens (including phenoxy) is 1. The maximum absolute atomic E-state index is 12.2. The van der Waals surface area contributed by atoms with E-state index in [1.807, 2.05) is 84.9 Å². The van der Waals surface area contributed by atoms with Crippen LogP contribution in [0.1, 0.15) is 5.56 Å². The van der Waals surface area contributed by atoms with E-state index in [2.05, 4.69) is 15.6 Å². The van der Waals surface area contributed by atoms with E-state index in [1.165, 1.54) is 0 Å². The van der Waals surface area contributed by atoms with Crippen molar-refractivity contribution in [2.45, 2.75) is 6.54 Å². The summed E-state index contributed by atoms with van der Waals surface area (Å²) in [5, 5.41) is 5.67. The largest absolute Gasteiger partial charge is 0.457 e. The summed E-state index contributed by atoms with van der Waals surface area (Å²) in [5.74, 6) is 1.40. The fourth-order valence-corrected chi connectivity index (χ4v) is 3.03. The zero-order chi connectivity index (χ0) is 20.6. The van der Waals surface area contributed by atoms with Gasteiger partial charge in [-0.2, -0.15) is 0 Å². The number of para-hydroxylation sites is 1. The predicted molar refractivity (Wildman–Crippen MR) is 118 cm³/mol. The van der Waals surface area contributed by atoms with Gasteiger partial charge in [0.2, 0.25) is 0 Å². The van der Waals surface area contributed by atoms with Gasteiger partial charge >= 0.3 is 6.03 Å². The minimum absolute atomic E-state index is 0.284. The molecule has 0 saturated carbocycles. The highest BCUT2D eigenvalue weighted by Crippen LogP contribution is 2.33. The second-order valence-corrected chi connectivity index (χ2v) is 6.66. The number of benzene rings is 3.